The van der Waals surface area contributed by atoms with Crippen molar-refractivity contribution in [2.24, 2.45) is 7.05 Å². The molecule has 2 aliphatic rings. The number of hydrogen-bond donors (Lipinski definition) is 0. The Hall–Kier alpha value is -1.75. The number of nitrogens with zero attached hydrogens (tertiary/aromatic N) is 5. The molecule has 4 rings (SSSR count). The van der Waals surface area contributed by atoms with E-state index in [1.165, 1.54) is 19.3 Å². The standard InChI is InChI=1S/C19H29N5O4S/c1-14-19(15(2)28-21-14)29(25,26)24-9-10-27-17(13-23-7-5-4-6-8-23)18(24)16-11-20-22(3)12-16/h11-12,17-18H,4-10,13H2,1-3H3/t17-,18-/m0/s1. The molecule has 0 saturated carbocycles. The highest BCUT2D eigenvalue weighted by molar-refractivity contribution is 7.89. The molecule has 0 aromatic carbocycles. The van der Waals surface area contributed by atoms with E-state index < -0.39 is 16.1 Å². The average Bonchev–Trinajstić information content (AvgIpc) is 3.27. The van der Waals surface area contributed by atoms with Crippen LogP contribution in [0.2, 0.25) is 0 Å². The van der Waals surface area contributed by atoms with Crippen molar-refractivity contribution < 1.29 is 17.7 Å². The SMILES string of the molecule is Cc1noc(C)c1S(=O)(=O)N1CCO[C@@H](CN2CCCCC2)[C@@H]1c1cnn(C)c1. The van der Waals surface area contributed by atoms with Crippen molar-refractivity contribution in [1.29, 1.82) is 0 Å². The normalized spacial score (nSPS) is 24.8. The molecular weight excluding hydrogens is 394 g/mol. The molecule has 29 heavy (non-hydrogen) atoms. The summed E-state index contributed by atoms with van der Waals surface area (Å²) in [5, 5.41) is 8.14. The highest BCUT2D eigenvalue weighted by Gasteiger charge is 2.44. The maximum atomic E-state index is 13.6. The number of sulfonamides is 1. The molecule has 2 saturated heterocycles. The Bertz CT molecular complexity index is 928. The number of aromatic nitrogens is 3. The number of aryl methyl sites for hydroxylation is 3. The summed E-state index contributed by atoms with van der Waals surface area (Å²) in [5.41, 5.74) is 1.22. The van der Waals surface area contributed by atoms with E-state index in [-0.39, 0.29) is 17.5 Å². The van der Waals surface area contributed by atoms with Gasteiger partial charge in [-0.3, -0.25) is 4.68 Å². The Morgan fingerprint density at radius 1 is 1.17 bits per heavy atom. The fourth-order valence-electron chi connectivity index (χ4n) is 4.46. The van der Waals surface area contributed by atoms with Crippen LogP contribution in [0, 0.1) is 13.8 Å². The lowest BCUT2D eigenvalue weighted by Gasteiger charge is -2.42. The van der Waals surface area contributed by atoms with Crippen LogP contribution in [-0.2, 0) is 21.8 Å². The smallest absolute Gasteiger partial charge is 0.249 e. The maximum Gasteiger partial charge on any atom is 0.249 e. The van der Waals surface area contributed by atoms with Gasteiger partial charge in [-0.05, 0) is 39.8 Å². The fraction of sp³-hybridized carbons (Fsp3) is 0.684. The molecule has 2 aliphatic heterocycles. The van der Waals surface area contributed by atoms with Gasteiger partial charge in [-0.2, -0.15) is 9.40 Å². The van der Waals surface area contributed by atoms with Gasteiger partial charge in [0, 0.05) is 31.9 Å². The first kappa shape index (κ1) is 20.5. The zero-order chi connectivity index (χ0) is 20.6. The second-order valence-electron chi connectivity index (χ2n) is 7.93. The summed E-state index contributed by atoms with van der Waals surface area (Å²) in [4.78, 5) is 2.54. The van der Waals surface area contributed by atoms with Crippen LogP contribution < -0.4 is 0 Å². The molecule has 0 N–H and O–H groups in total. The predicted octanol–water partition coefficient (Wildman–Crippen LogP) is 1.64. The van der Waals surface area contributed by atoms with Crippen molar-refractivity contribution in [3.8, 4) is 0 Å². The van der Waals surface area contributed by atoms with Crippen LogP contribution >= 0.6 is 0 Å². The molecule has 2 fully saturated rings. The molecule has 2 aromatic rings. The lowest BCUT2D eigenvalue weighted by atomic mass is 10.0. The van der Waals surface area contributed by atoms with Crippen LogP contribution in [-0.4, -0.2) is 71.4 Å². The number of rotatable bonds is 5. The van der Waals surface area contributed by atoms with Gasteiger partial charge in [0.1, 0.15) is 10.6 Å². The fourth-order valence-corrected chi connectivity index (χ4v) is 6.38. The Morgan fingerprint density at radius 2 is 1.93 bits per heavy atom. The summed E-state index contributed by atoms with van der Waals surface area (Å²) >= 11 is 0. The predicted molar refractivity (Wildman–Crippen MR) is 106 cm³/mol. The number of likely N-dealkylation sites (tertiary alicyclic amines) is 1. The molecule has 9 nitrogen and oxygen atoms in total. The molecule has 0 spiro atoms. The van der Waals surface area contributed by atoms with Gasteiger partial charge in [0.05, 0.1) is 24.9 Å². The third-order valence-electron chi connectivity index (χ3n) is 5.79. The van der Waals surface area contributed by atoms with Gasteiger partial charge in [0.25, 0.3) is 0 Å². The van der Waals surface area contributed by atoms with Gasteiger partial charge in [0.2, 0.25) is 10.0 Å². The summed E-state index contributed by atoms with van der Waals surface area (Å²) in [7, 11) is -1.97. The second-order valence-corrected chi connectivity index (χ2v) is 9.76. The van der Waals surface area contributed by atoms with E-state index in [0.717, 1.165) is 18.7 Å². The van der Waals surface area contributed by atoms with Crippen LogP contribution in [0.3, 0.4) is 0 Å². The first-order valence-corrected chi connectivity index (χ1v) is 11.6. The summed E-state index contributed by atoms with van der Waals surface area (Å²) in [6, 6.07) is -0.446. The summed E-state index contributed by atoms with van der Waals surface area (Å²) in [6.07, 6.45) is 6.94. The van der Waals surface area contributed by atoms with Gasteiger partial charge >= 0.3 is 0 Å². The van der Waals surface area contributed by atoms with Crippen molar-refractivity contribution in [3.05, 3.63) is 29.4 Å². The third kappa shape index (κ3) is 3.98. The topological polar surface area (TPSA) is 93.7 Å². The molecular formula is C19H29N5O4S. The van der Waals surface area contributed by atoms with E-state index in [2.05, 4.69) is 15.2 Å². The van der Waals surface area contributed by atoms with E-state index >= 15 is 0 Å². The minimum atomic E-state index is -3.80. The van der Waals surface area contributed by atoms with Crippen LogP contribution in [0.4, 0.5) is 0 Å². The van der Waals surface area contributed by atoms with Crippen molar-refractivity contribution in [2.75, 3.05) is 32.8 Å². The van der Waals surface area contributed by atoms with Gasteiger partial charge in [-0.25, -0.2) is 8.42 Å². The van der Waals surface area contributed by atoms with Gasteiger partial charge in [-0.15, -0.1) is 0 Å². The zero-order valence-corrected chi connectivity index (χ0v) is 18.1. The van der Waals surface area contributed by atoms with Crippen molar-refractivity contribution in [2.45, 2.75) is 50.2 Å². The highest BCUT2D eigenvalue weighted by atomic mass is 32.2. The van der Waals surface area contributed by atoms with Gasteiger partial charge in [0.15, 0.2) is 5.76 Å². The molecule has 10 heteroatoms. The Morgan fingerprint density at radius 3 is 2.55 bits per heavy atom. The van der Waals surface area contributed by atoms with Gasteiger partial charge < -0.3 is 14.2 Å². The van der Waals surface area contributed by atoms with E-state index in [1.807, 2.05) is 13.2 Å². The quantitative estimate of drug-likeness (QED) is 0.722. The van der Waals surface area contributed by atoms with Crippen LogP contribution in [0.25, 0.3) is 0 Å². The van der Waals surface area contributed by atoms with Crippen LogP contribution in [0.1, 0.15) is 42.3 Å². The van der Waals surface area contributed by atoms with E-state index in [4.69, 9.17) is 9.26 Å². The highest BCUT2D eigenvalue weighted by Crippen LogP contribution is 2.36. The molecule has 0 radical (unpaired) electrons. The number of ether oxygens (including phenoxy) is 1. The lowest BCUT2D eigenvalue weighted by molar-refractivity contribution is -0.0586. The first-order chi connectivity index (χ1) is 13.9. The minimum Gasteiger partial charge on any atom is -0.373 e. The van der Waals surface area contributed by atoms with Crippen molar-refractivity contribution in [1.82, 2.24) is 24.1 Å². The summed E-state index contributed by atoms with van der Waals surface area (Å²) < 4.78 is 41.8. The molecule has 160 valence electrons. The summed E-state index contributed by atoms with van der Waals surface area (Å²) in [6.45, 7) is 6.69. The number of morpholine rings is 1. The van der Waals surface area contributed by atoms with E-state index in [9.17, 15) is 8.42 Å². The Balaban J connectivity index is 1.71. The third-order valence-corrected chi connectivity index (χ3v) is 7.92. The molecule has 0 bridgehead atoms. The Labute approximate surface area is 171 Å². The lowest BCUT2D eigenvalue weighted by Crippen LogP contribution is -2.52. The molecule has 0 unspecified atom stereocenters. The largest absolute Gasteiger partial charge is 0.373 e. The molecule has 0 amide bonds. The number of piperidine rings is 1. The van der Waals surface area contributed by atoms with Crippen LogP contribution in [0.15, 0.2) is 21.8 Å². The van der Waals surface area contributed by atoms with E-state index in [0.29, 0.717) is 24.6 Å². The van der Waals surface area contributed by atoms with Crippen LogP contribution in [0.5, 0.6) is 0 Å². The molecule has 4 heterocycles. The number of hydrogen-bond acceptors (Lipinski definition) is 7. The summed E-state index contributed by atoms with van der Waals surface area (Å²) in [5.74, 6) is 0.312. The second kappa shape index (κ2) is 8.17. The minimum absolute atomic E-state index is 0.157. The maximum absolute atomic E-state index is 13.6. The average molecular weight is 424 g/mol. The zero-order valence-electron chi connectivity index (χ0n) is 17.2. The monoisotopic (exact) mass is 423 g/mol. The first-order valence-electron chi connectivity index (χ1n) is 10.1. The Kier molecular flexibility index (Phi) is 5.78. The van der Waals surface area contributed by atoms with Crippen molar-refractivity contribution in [3.63, 3.8) is 0 Å². The molecule has 2 atom stereocenters. The molecule has 0 aliphatic carbocycles. The molecule has 2 aromatic heterocycles. The van der Waals surface area contributed by atoms with Gasteiger partial charge in [-0.1, -0.05) is 11.6 Å². The van der Waals surface area contributed by atoms with Crippen molar-refractivity contribution >= 4 is 10.0 Å². The van der Waals surface area contributed by atoms with E-state index in [1.54, 1.807) is 29.0 Å².